The number of esters is 5. The second-order valence-corrected chi connectivity index (χ2v) is 16.9. The Kier molecular flexibility index (Phi) is 24.1. The fraction of sp³-hybridized carbons (Fsp3) is 0.327. The van der Waals surface area contributed by atoms with Crippen molar-refractivity contribution in [2.75, 3.05) is 45.1 Å². The number of nitrogens with one attached hydrogen (secondary N) is 1. The number of thiazole rings is 1. The Morgan fingerprint density at radius 1 is 0.514 bits per heavy atom. The second-order valence-electron chi connectivity index (χ2n) is 15.9. The van der Waals surface area contributed by atoms with Crippen molar-refractivity contribution in [1.82, 2.24) is 4.98 Å². The lowest BCUT2D eigenvalue weighted by Gasteiger charge is -2.17. The topological polar surface area (TPSA) is 196 Å². The summed E-state index contributed by atoms with van der Waals surface area (Å²) in [5, 5.41) is 4.98. The van der Waals surface area contributed by atoms with Gasteiger partial charge in [0.15, 0.2) is 11.5 Å². The van der Waals surface area contributed by atoms with Crippen molar-refractivity contribution in [1.29, 1.82) is 0 Å². The molecule has 1 aromatic heterocycles. The first-order valence-corrected chi connectivity index (χ1v) is 24.7. The molecule has 17 heteroatoms. The Hall–Kier alpha value is -7.79. The Labute approximate surface area is 423 Å². The SMILES string of the molecule is C=CC(=O)OCCCCCCOc1ccc(C(=O)Oc2ccc(OC(=O)c3ccc(OCCCCCCOC(=O)C=C)cc3)c(OCCCCCCOC(=O)C=C)c2/C=N/Nc2nc3ccccc3s2)cc1. The molecule has 0 saturated heterocycles. The monoisotopic (exact) mass is 1000 g/mol. The van der Waals surface area contributed by atoms with Gasteiger partial charge in [-0.25, -0.2) is 29.0 Å². The maximum Gasteiger partial charge on any atom is 0.343 e. The molecule has 1 N–H and O–H groups in total. The smallest absolute Gasteiger partial charge is 0.343 e. The normalized spacial score (nSPS) is 10.8. The summed E-state index contributed by atoms with van der Waals surface area (Å²) in [6.45, 7) is 12.3. The molecule has 0 saturated carbocycles. The van der Waals surface area contributed by atoms with E-state index in [0.717, 1.165) is 92.7 Å². The highest BCUT2D eigenvalue weighted by Gasteiger charge is 2.22. The first-order chi connectivity index (χ1) is 35.2. The molecule has 0 aliphatic rings. The van der Waals surface area contributed by atoms with Crippen molar-refractivity contribution in [2.24, 2.45) is 5.10 Å². The maximum atomic E-state index is 13.8. The van der Waals surface area contributed by atoms with Crippen LogP contribution >= 0.6 is 11.3 Å². The molecule has 5 rings (SSSR count). The molecule has 0 atom stereocenters. The third kappa shape index (κ3) is 19.5. The summed E-state index contributed by atoms with van der Waals surface area (Å²) in [7, 11) is 0. The van der Waals surface area contributed by atoms with Crippen LogP contribution in [0.5, 0.6) is 28.7 Å². The number of carbonyl (C=O) groups is 5. The summed E-state index contributed by atoms with van der Waals surface area (Å²) in [6.07, 6.45) is 14.2. The third-order valence-corrected chi connectivity index (χ3v) is 11.4. The Balaban J connectivity index is 1.30. The summed E-state index contributed by atoms with van der Waals surface area (Å²) in [5.74, 6) is -1.30. The van der Waals surface area contributed by atoms with Gasteiger partial charge in [0, 0.05) is 18.2 Å². The quantitative estimate of drug-likeness (QED) is 0.00776. The van der Waals surface area contributed by atoms with Crippen LogP contribution in [0.1, 0.15) is 103 Å². The molecule has 0 spiro atoms. The summed E-state index contributed by atoms with van der Waals surface area (Å²) in [6, 6.07) is 23.8. The van der Waals surface area contributed by atoms with Gasteiger partial charge in [0.05, 0.1) is 72.8 Å². The van der Waals surface area contributed by atoms with Crippen LogP contribution in [0.25, 0.3) is 10.2 Å². The van der Waals surface area contributed by atoms with Crippen molar-refractivity contribution < 1.29 is 61.9 Å². The predicted octanol–water partition coefficient (Wildman–Crippen LogP) is 11.2. The van der Waals surface area contributed by atoms with Gasteiger partial charge in [0.2, 0.25) is 5.13 Å². The fourth-order valence-corrected chi connectivity index (χ4v) is 7.50. The third-order valence-electron chi connectivity index (χ3n) is 10.5. The number of benzene rings is 4. The largest absolute Gasteiger partial charge is 0.494 e. The molecule has 16 nitrogen and oxygen atoms in total. The number of hydrogen-bond acceptors (Lipinski definition) is 17. The van der Waals surface area contributed by atoms with Crippen LogP contribution in [0.3, 0.4) is 0 Å². The van der Waals surface area contributed by atoms with E-state index in [9.17, 15) is 24.0 Å². The molecule has 0 radical (unpaired) electrons. The Morgan fingerprint density at radius 3 is 1.42 bits per heavy atom. The van der Waals surface area contributed by atoms with E-state index in [1.165, 1.54) is 29.7 Å². The minimum absolute atomic E-state index is 0.0507. The number of fused-ring (bicyclic) bond motifs is 1. The number of carbonyl (C=O) groups excluding carboxylic acids is 5. The molecule has 0 aliphatic heterocycles. The first kappa shape index (κ1) is 55.1. The van der Waals surface area contributed by atoms with Crippen LogP contribution in [0.15, 0.2) is 128 Å². The molecule has 72 heavy (non-hydrogen) atoms. The zero-order valence-corrected chi connectivity index (χ0v) is 41.2. The molecule has 0 amide bonds. The lowest BCUT2D eigenvalue weighted by Crippen LogP contribution is -2.14. The van der Waals surface area contributed by atoms with Crippen LogP contribution in [0, 0.1) is 0 Å². The predicted molar refractivity (Wildman–Crippen MR) is 275 cm³/mol. The molecule has 5 aromatic rings. The molecule has 1 heterocycles. The number of rotatable bonds is 34. The molecule has 4 aromatic carbocycles. The second kappa shape index (κ2) is 31.4. The summed E-state index contributed by atoms with van der Waals surface area (Å²) >= 11 is 1.40. The van der Waals surface area contributed by atoms with Gasteiger partial charge >= 0.3 is 29.8 Å². The highest BCUT2D eigenvalue weighted by Crippen LogP contribution is 2.38. The van der Waals surface area contributed by atoms with Crippen molar-refractivity contribution in [3.63, 3.8) is 0 Å². The van der Waals surface area contributed by atoms with E-state index in [2.05, 4.69) is 35.2 Å². The first-order valence-electron chi connectivity index (χ1n) is 23.9. The minimum atomic E-state index is -0.674. The van der Waals surface area contributed by atoms with Crippen LogP contribution < -0.4 is 29.1 Å². The Morgan fingerprint density at radius 2 is 0.944 bits per heavy atom. The summed E-state index contributed by atoms with van der Waals surface area (Å²) < 4.78 is 46.2. The number of unbranched alkanes of at least 4 members (excludes halogenated alkanes) is 9. The van der Waals surface area contributed by atoms with Gasteiger partial charge < -0.3 is 37.9 Å². The standard InChI is InChI=1S/C55H61N3O13S/c1-4-49(59)66-35-17-9-7-15-33-64-42-27-23-40(24-28-42)53(62)70-46-31-32-47(71-54(63)41-25-29-43(30-26-41)65-34-16-8-10-18-36-67-50(60)5-2)52(69-38-20-12-11-19-37-68-51(61)6-3)44(46)39-56-58-55-57-45-21-13-14-22-48(45)72-55/h4-6,13-14,21-32,39H,1-3,7-12,15-20,33-38H2,(H,57,58)/b56-39+. The Bertz CT molecular complexity index is 2560. The van der Waals surface area contributed by atoms with Gasteiger partial charge in [0.1, 0.15) is 17.2 Å². The van der Waals surface area contributed by atoms with Crippen molar-refractivity contribution in [3.05, 3.63) is 140 Å². The minimum Gasteiger partial charge on any atom is -0.494 e. The molecular formula is C55H61N3O13S. The molecule has 0 unspecified atom stereocenters. The van der Waals surface area contributed by atoms with Gasteiger partial charge in [-0.1, -0.05) is 43.2 Å². The van der Waals surface area contributed by atoms with Crippen LogP contribution in [0.2, 0.25) is 0 Å². The molecule has 0 bridgehead atoms. The van der Waals surface area contributed by atoms with Crippen molar-refractivity contribution in [2.45, 2.75) is 77.0 Å². The maximum absolute atomic E-state index is 13.8. The highest BCUT2D eigenvalue weighted by atomic mass is 32.1. The zero-order valence-electron chi connectivity index (χ0n) is 40.4. The number of ether oxygens (including phenoxy) is 8. The van der Waals surface area contributed by atoms with E-state index < -0.39 is 29.8 Å². The summed E-state index contributed by atoms with van der Waals surface area (Å²) in [4.78, 5) is 66.0. The van der Waals surface area contributed by atoms with Crippen LogP contribution in [-0.4, -0.2) is 80.7 Å². The van der Waals surface area contributed by atoms with E-state index in [1.54, 1.807) is 48.5 Å². The highest BCUT2D eigenvalue weighted by molar-refractivity contribution is 7.22. The van der Waals surface area contributed by atoms with Gasteiger partial charge in [-0.15, -0.1) is 0 Å². The molecule has 0 aliphatic carbocycles. The molecule has 0 fully saturated rings. The number of anilines is 1. The van der Waals surface area contributed by atoms with E-state index in [4.69, 9.17) is 37.9 Å². The molecular weight excluding hydrogens is 943 g/mol. The number of aromatic nitrogens is 1. The number of hydrogen-bond donors (Lipinski definition) is 1. The van der Waals surface area contributed by atoms with E-state index in [-0.39, 0.29) is 47.2 Å². The van der Waals surface area contributed by atoms with Gasteiger partial charge in [-0.2, -0.15) is 5.10 Å². The van der Waals surface area contributed by atoms with E-state index in [0.29, 0.717) is 55.9 Å². The van der Waals surface area contributed by atoms with Gasteiger partial charge in [-0.3, -0.25) is 5.43 Å². The van der Waals surface area contributed by atoms with Crippen molar-refractivity contribution in [3.8, 4) is 28.7 Å². The van der Waals surface area contributed by atoms with E-state index >= 15 is 0 Å². The van der Waals surface area contributed by atoms with Crippen LogP contribution in [-0.2, 0) is 28.6 Å². The van der Waals surface area contributed by atoms with Gasteiger partial charge in [-0.05, 0) is 150 Å². The van der Waals surface area contributed by atoms with Crippen LogP contribution in [0.4, 0.5) is 5.13 Å². The van der Waals surface area contributed by atoms with E-state index in [1.807, 2.05) is 24.3 Å². The lowest BCUT2D eigenvalue weighted by molar-refractivity contribution is -0.138. The lowest BCUT2D eigenvalue weighted by atomic mass is 10.1. The average Bonchev–Trinajstić information content (AvgIpc) is 3.82. The number of hydrazone groups is 1. The fourth-order valence-electron chi connectivity index (χ4n) is 6.69. The van der Waals surface area contributed by atoms with Crippen molar-refractivity contribution >= 4 is 62.7 Å². The zero-order chi connectivity index (χ0) is 51.2. The van der Waals surface area contributed by atoms with Gasteiger partial charge in [0.25, 0.3) is 0 Å². The number of para-hydroxylation sites is 1. The number of nitrogens with zero attached hydrogens (tertiary/aromatic N) is 2. The summed E-state index contributed by atoms with van der Waals surface area (Å²) in [5.41, 5.74) is 4.47. The molecule has 380 valence electrons. The average molecular weight is 1000 g/mol.